The van der Waals surface area contributed by atoms with Crippen LogP contribution in [-0.2, 0) is 6.54 Å². The average Bonchev–Trinajstić information content (AvgIpc) is 2.39. The van der Waals surface area contributed by atoms with Gasteiger partial charge in [0.25, 0.3) is 5.56 Å². The predicted molar refractivity (Wildman–Crippen MR) is 66.2 cm³/mol. The minimum absolute atomic E-state index is 0.0841. The molecule has 4 heteroatoms. The molecule has 2 aromatic rings. The van der Waals surface area contributed by atoms with E-state index >= 15 is 0 Å². The van der Waals surface area contributed by atoms with E-state index in [2.05, 4.69) is 5.10 Å². The van der Waals surface area contributed by atoms with E-state index in [0.29, 0.717) is 6.54 Å². The van der Waals surface area contributed by atoms with Gasteiger partial charge < -0.3 is 4.74 Å². The van der Waals surface area contributed by atoms with Crippen molar-refractivity contribution in [2.45, 2.75) is 13.5 Å². The molecule has 4 nitrogen and oxygen atoms in total. The van der Waals surface area contributed by atoms with Crippen molar-refractivity contribution >= 4 is 0 Å². The first kappa shape index (κ1) is 11.4. The summed E-state index contributed by atoms with van der Waals surface area (Å²) in [7, 11) is 1.62. The third-order valence-corrected chi connectivity index (χ3v) is 2.53. The van der Waals surface area contributed by atoms with Crippen molar-refractivity contribution in [3.05, 3.63) is 46.8 Å². The molecule has 0 aliphatic heterocycles. The van der Waals surface area contributed by atoms with Gasteiger partial charge in [-0.15, -0.1) is 0 Å². The first-order valence-electron chi connectivity index (χ1n) is 5.47. The fourth-order valence-corrected chi connectivity index (χ4v) is 1.61. The molecular weight excluding hydrogens is 216 g/mol. The summed E-state index contributed by atoms with van der Waals surface area (Å²) in [5, 5.41) is 4.29. The van der Waals surface area contributed by atoms with E-state index in [4.69, 9.17) is 4.74 Å². The molecule has 0 amide bonds. The van der Waals surface area contributed by atoms with Crippen molar-refractivity contribution in [2.24, 2.45) is 0 Å². The van der Waals surface area contributed by atoms with Gasteiger partial charge in [0.15, 0.2) is 0 Å². The van der Waals surface area contributed by atoms with Crippen LogP contribution in [0.3, 0.4) is 0 Å². The number of ether oxygens (including phenoxy) is 1. The number of hydrogen-bond acceptors (Lipinski definition) is 3. The topological polar surface area (TPSA) is 44.1 Å². The van der Waals surface area contributed by atoms with Gasteiger partial charge in [-0.3, -0.25) is 4.79 Å². The predicted octanol–water partition coefficient (Wildman–Crippen LogP) is 1.94. The molecule has 0 saturated carbocycles. The molecule has 0 fully saturated rings. The van der Waals surface area contributed by atoms with Crippen LogP contribution in [0.15, 0.2) is 41.2 Å². The standard InChI is InChI=1S/C13H14N2O2/c1-3-15-13(16)8-7-12(14-15)10-5-4-6-11(9-10)17-2/h4-9H,3H2,1-2H3. The molecule has 0 aliphatic carbocycles. The van der Waals surface area contributed by atoms with Crippen LogP contribution in [0.1, 0.15) is 6.92 Å². The van der Waals surface area contributed by atoms with Crippen molar-refractivity contribution in [3.8, 4) is 17.0 Å². The summed E-state index contributed by atoms with van der Waals surface area (Å²) < 4.78 is 6.60. The van der Waals surface area contributed by atoms with Gasteiger partial charge in [-0.05, 0) is 25.1 Å². The van der Waals surface area contributed by atoms with E-state index in [9.17, 15) is 4.79 Å². The van der Waals surface area contributed by atoms with E-state index in [1.807, 2.05) is 31.2 Å². The van der Waals surface area contributed by atoms with Gasteiger partial charge >= 0.3 is 0 Å². The molecule has 1 aromatic heterocycles. The van der Waals surface area contributed by atoms with Crippen LogP contribution in [0.2, 0.25) is 0 Å². The Morgan fingerprint density at radius 2 is 2.12 bits per heavy atom. The van der Waals surface area contributed by atoms with Crippen LogP contribution in [0.25, 0.3) is 11.3 Å². The highest BCUT2D eigenvalue weighted by Gasteiger charge is 2.03. The number of aryl methyl sites for hydroxylation is 1. The lowest BCUT2D eigenvalue weighted by atomic mass is 10.1. The van der Waals surface area contributed by atoms with Crippen LogP contribution in [0.4, 0.5) is 0 Å². The summed E-state index contributed by atoms with van der Waals surface area (Å²) >= 11 is 0. The van der Waals surface area contributed by atoms with Crippen molar-refractivity contribution in [1.82, 2.24) is 9.78 Å². The zero-order valence-electron chi connectivity index (χ0n) is 9.88. The van der Waals surface area contributed by atoms with Crippen molar-refractivity contribution in [3.63, 3.8) is 0 Å². The third kappa shape index (κ3) is 2.36. The molecule has 0 N–H and O–H groups in total. The Morgan fingerprint density at radius 3 is 2.82 bits per heavy atom. The zero-order valence-corrected chi connectivity index (χ0v) is 9.88. The summed E-state index contributed by atoms with van der Waals surface area (Å²) in [4.78, 5) is 11.4. The van der Waals surface area contributed by atoms with E-state index in [1.54, 1.807) is 13.2 Å². The molecule has 0 bridgehead atoms. The summed E-state index contributed by atoms with van der Waals surface area (Å²) in [5.74, 6) is 0.776. The summed E-state index contributed by atoms with van der Waals surface area (Å²) in [6.45, 7) is 2.46. The van der Waals surface area contributed by atoms with Crippen molar-refractivity contribution in [1.29, 1.82) is 0 Å². The molecule has 0 unspecified atom stereocenters. The van der Waals surface area contributed by atoms with E-state index in [1.165, 1.54) is 10.7 Å². The first-order valence-corrected chi connectivity index (χ1v) is 5.47. The lowest BCUT2D eigenvalue weighted by molar-refractivity contribution is 0.415. The minimum atomic E-state index is -0.0841. The quantitative estimate of drug-likeness (QED) is 0.809. The van der Waals surface area contributed by atoms with Gasteiger partial charge in [-0.1, -0.05) is 12.1 Å². The molecular formula is C13H14N2O2. The molecule has 17 heavy (non-hydrogen) atoms. The molecule has 0 aliphatic rings. The highest BCUT2D eigenvalue weighted by molar-refractivity contribution is 5.60. The average molecular weight is 230 g/mol. The van der Waals surface area contributed by atoms with Crippen molar-refractivity contribution < 1.29 is 4.74 Å². The second-order valence-electron chi connectivity index (χ2n) is 3.60. The maximum Gasteiger partial charge on any atom is 0.266 e. The van der Waals surface area contributed by atoms with E-state index < -0.39 is 0 Å². The molecule has 1 heterocycles. The van der Waals surface area contributed by atoms with Crippen LogP contribution in [0.5, 0.6) is 5.75 Å². The number of nitrogens with zero attached hydrogens (tertiary/aromatic N) is 2. The van der Waals surface area contributed by atoms with E-state index in [0.717, 1.165) is 17.0 Å². The summed E-state index contributed by atoms with van der Waals surface area (Å²) in [6.07, 6.45) is 0. The Bertz CT molecular complexity index is 576. The van der Waals surface area contributed by atoms with Gasteiger partial charge in [0, 0.05) is 18.2 Å². The number of methoxy groups -OCH3 is 1. The zero-order chi connectivity index (χ0) is 12.3. The first-order chi connectivity index (χ1) is 8.24. The van der Waals surface area contributed by atoms with Gasteiger partial charge in [-0.25, -0.2) is 4.68 Å². The normalized spacial score (nSPS) is 10.2. The Kier molecular flexibility index (Phi) is 3.23. The number of benzene rings is 1. The van der Waals surface area contributed by atoms with Crippen LogP contribution in [0, 0.1) is 0 Å². The molecule has 0 atom stereocenters. The fourth-order valence-electron chi connectivity index (χ4n) is 1.61. The molecule has 1 aromatic carbocycles. The van der Waals surface area contributed by atoms with E-state index in [-0.39, 0.29) is 5.56 Å². The number of aromatic nitrogens is 2. The Hall–Kier alpha value is -2.10. The van der Waals surface area contributed by atoms with Gasteiger partial charge in [-0.2, -0.15) is 5.10 Å². The summed E-state index contributed by atoms with van der Waals surface area (Å²) in [5.41, 5.74) is 1.62. The fraction of sp³-hybridized carbons (Fsp3) is 0.231. The largest absolute Gasteiger partial charge is 0.497 e. The molecule has 2 rings (SSSR count). The highest BCUT2D eigenvalue weighted by Crippen LogP contribution is 2.20. The molecule has 0 saturated heterocycles. The van der Waals surface area contributed by atoms with Gasteiger partial charge in [0.05, 0.1) is 12.8 Å². The second-order valence-corrected chi connectivity index (χ2v) is 3.60. The van der Waals surface area contributed by atoms with Crippen molar-refractivity contribution in [2.75, 3.05) is 7.11 Å². The Balaban J connectivity index is 2.48. The van der Waals surface area contributed by atoms with Crippen LogP contribution >= 0.6 is 0 Å². The summed E-state index contributed by atoms with van der Waals surface area (Å²) in [6, 6.07) is 10.9. The SMILES string of the molecule is CCn1nc(-c2cccc(OC)c2)ccc1=O. The highest BCUT2D eigenvalue weighted by atomic mass is 16.5. The smallest absolute Gasteiger partial charge is 0.266 e. The number of rotatable bonds is 3. The van der Waals surface area contributed by atoms with Gasteiger partial charge in [0.2, 0.25) is 0 Å². The second kappa shape index (κ2) is 4.82. The Labute approximate surface area is 99.5 Å². The molecule has 0 radical (unpaired) electrons. The lowest BCUT2D eigenvalue weighted by Crippen LogP contribution is -2.20. The lowest BCUT2D eigenvalue weighted by Gasteiger charge is -2.06. The third-order valence-electron chi connectivity index (χ3n) is 2.53. The maximum atomic E-state index is 11.4. The molecule has 88 valence electrons. The van der Waals surface area contributed by atoms with Crippen LogP contribution in [-0.4, -0.2) is 16.9 Å². The van der Waals surface area contributed by atoms with Crippen LogP contribution < -0.4 is 10.3 Å². The molecule has 0 spiro atoms. The Morgan fingerprint density at radius 1 is 1.29 bits per heavy atom. The maximum absolute atomic E-state index is 11.4. The monoisotopic (exact) mass is 230 g/mol. The van der Waals surface area contributed by atoms with Gasteiger partial charge in [0.1, 0.15) is 5.75 Å². The number of hydrogen-bond donors (Lipinski definition) is 0. The minimum Gasteiger partial charge on any atom is -0.497 e.